The number of ketones is 1. The molecular formula is C24H23N3O4. The van der Waals surface area contributed by atoms with Crippen LogP contribution in [0.2, 0.25) is 0 Å². The first-order valence-electron chi connectivity index (χ1n) is 10.2. The van der Waals surface area contributed by atoms with Crippen molar-refractivity contribution in [2.45, 2.75) is 38.7 Å². The average Bonchev–Trinajstić information content (AvgIpc) is 3.52. The number of nitrogens with one attached hydrogen (secondary N) is 1. The first-order valence-corrected chi connectivity index (χ1v) is 10.2. The lowest BCUT2D eigenvalue weighted by molar-refractivity contribution is -0.123. The van der Waals surface area contributed by atoms with Crippen molar-refractivity contribution in [2.75, 3.05) is 5.32 Å². The third kappa shape index (κ3) is 4.71. The van der Waals surface area contributed by atoms with Crippen LogP contribution in [0.1, 0.15) is 59.1 Å². The van der Waals surface area contributed by atoms with Crippen LogP contribution in [-0.2, 0) is 9.53 Å². The molecular weight excluding hydrogens is 394 g/mol. The molecule has 1 fully saturated rings. The predicted molar refractivity (Wildman–Crippen MR) is 115 cm³/mol. The molecule has 1 amide bonds. The van der Waals surface area contributed by atoms with Gasteiger partial charge < -0.3 is 10.1 Å². The third-order valence-corrected chi connectivity index (χ3v) is 5.15. The Bertz CT molecular complexity index is 1120. The number of nitrogens with zero attached hydrogens (tertiary/aromatic N) is 2. The molecule has 0 bridgehead atoms. The Balaban J connectivity index is 1.47. The molecule has 4 rings (SSSR count). The van der Waals surface area contributed by atoms with Crippen molar-refractivity contribution >= 4 is 23.3 Å². The number of ether oxygens (including phenoxy) is 1. The Labute approximate surface area is 180 Å². The molecule has 0 unspecified atom stereocenters. The molecule has 1 heterocycles. The minimum absolute atomic E-state index is 0.0548. The Hall–Kier alpha value is -3.74. The van der Waals surface area contributed by atoms with Gasteiger partial charge in [0, 0.05) is 17.2 Å². The van der Waals surface area contributed by atoms with Gasteiger partial charge in [0.2, 0.25) is 0 Å². The minimum atomic E-state index is -1.01. The normalized spacial score (nSPS) is 14.0. The fourth-order valence-corrected chi connectivity index (χ4v) is 3.20. The van der Waals surface area contributed by atoms with Crippen molar-refractivity contribution in [3.8, 4) is 5.69 Å². The number of benzene rings is 2. The van der Waals surface area contributed by atoms with Crippen LogP contribution in [0.4, 0.5) is 5.69 Å². The van der Waals surface area contributed by atoms with E-state index in [0.717, 1.165) is 24.2 Å². The molecule has 1 N–H and O–H groups in total. The van der Waals surface area contributed by atoms with E-state index in [0.29, 0.717) is 22.9 Å². The summed E-state index contributed by atoms with van der Waals surface area (Å²) in [6.45, 7) is 2.99. The van der Waals surface area contributed by atoms with Gasteiger partial charge in [-0.1, -0.05) is 18.2 Å². The molecule has 7 nitrogen and oxygen atoms in total. The summed E-state index contributed by atoms with van der Waals surface area (Å²) in [6, 6.07) is 17.6. The zero-order valence-corrected chi connectivity index (χ0v) is 17.4. The van der Waals surface area contributed by atoms with Gasteiger partial charge >= 0.3 is 5.97 Å². The van der Waals surface area contributed by atoms with E-state index in [-0.39, 0.29) is 5.78 Å². The van der Waals surface area contributed by atoms with E-state index in [2.05, 4.69) is 10.4 Å². The van der Waals surface area contributed by atoms with E-state index < -0.39 is 18.0 Å². The zero-order valence-electron chi connectivity index (χ0n) is 17.4. The standard InChI is InChI=1S/C24H23N3O4/c1-15(28)17-10-12-19(13-11-17)25-23(29)16(2)31-24(30)22-14-21(18-8-9-18)26-27(22)20-6-4-3-5-7-20/h3-7,10-14,16,18H,8-9H2,1-2H3,(H,25,29)/t16-/m0/s1. The number of Topliss-reactive ketones (excluding diaryl/α,β-unsaturated/α-hetero) is 1. The number of aromatic nitrogens is 2. The molecule has 1 saturated carbocycles. The number of anilines is 1. The van der Waals surface area contributed by atoms with Crippen LogP contribution in [0, 0.1) is 0 Å². The number of hydrogen-bond acceptors (Lipinski definition) is 5. The molecule has 2 aromatic carbocycles. The molecule has 3 aromatic rings. The molecule has 1 atom stereocenters. The summed E-state index contributed by atoms with van der Waals surface area (Å²) in [5.41, 5.74) is 2.97. The van der Waals surface area contributed by atoms with Gasteiger partial charge in [-0.25, -0.2) is 9.48 Å². The second-order valence-corrected chi connectivity index (χ2v) is 7.65. The van der Waals surface area contributed by atoms with Crippen molar-refractivity contribution in [2.24, 2.45) is 0 Å². The number of carbonyl (C=O) groups excluding carboxylic acids is 3. The van der Waals surface area contributed by atoms with Crippen LogP contribution in [0.15, 0.2) is 60.7 Å². The lowest BCUT2D eigenvalue weighted by Gasteiger charge is -2.14. The number of rotatable bonds is 7. The maximum atomic E-state index is 12.9. The number of para-hydroxylation sites is 1. The molecule has 0 aliphatic heterocycles. The number of amides is 1. The van der Waals surface area contributed by atoms with E-state index in [1.807, 2.05) is 30.3 Å². The lowest BCUT2D eigenvalue weighted by Crippen LogP contribution is -2.30. The van der Waals surface area contributed by atoms with Gasteiger partial charge in [0.05, 0.1) is 11.4 Å². The molecule has 7 heteroatoms. The molecule has 0 saturated heterocycles. The SMILES string of the molecule is CC(=O)c1ccc(NC(=O)[C@H](C)OC(=O)c2cc(C3CC3)nn2-c2ccccc2)cc1. The monoisotopic (exact) mass is 417 g/mol. The van der Waals surface area contributed by atoms with Crippen molar-refractivity contribution in [1.29, 1.82) is 0 Å². The van der Waals surface area contributed by atoms with Crippen LogP contribution < -0.4 is 5.32 Å². The number of carbonyl (C=O) groups is 3. The fourth-order valence-electron chi connectivity index (χ4n) is 3.20. The number of esters is 1. The Morgan fingerprint density at radius 1 is 1.06 bits per heavy atom. The van der Waals surface area contributed by atoms with Gasteiger partial charge in [-0.15, -0.1) is 0 Å². The second-order valence-electron chi connectivity index (χ2n) is 7.65. The Kier molecular flexibility index (Phi) is 5.66. The van der Waals surface area contributed by atoms with Gasteiger partial charge in [0.1, 0.15) is 0 Å². The molecule has 158 valence electrons. The van der Waals surface area contributed by atoms with Gasteiger partial charge in [0.25, 0.3) is 5.91 Å². The summed E-state index contributed by atoms with van der Waals surface area (Å²) in [5.74, 6) is -0.758. The molecule has 31 heavy (non-hydrogen) atoms. The highest BCUT2D eigenvalue weighted by molar-refractivity contribution is 5.98. The van der Waals surface area contributed by atoms with Crippen molar-refractivity contribution in [1.82, 2.24) is 9.78 Å². The summed E-state index contributed by atoms with van der Waals surface area (Å²) in [5, 5.41) is 7.29. The highest BCUT2D eigenvalue weighted by Gasteiger charge is 2.30. The lowest BCUT2D eigenvalue weighted by atomic mass is 10.1. The van der Waals surface area contributed by atoms with Crippen LogP contribution in [0.3, 0.4) is 0 Å². The van der Waals surface area contributed by atoms with Crippen LogP contribution in [0.25, 0.3) is 5.69 Å². The number of hydrogen-bond donors (Lipinski definition) is 1. The molecule has 1 aliphatic rings. The van der Waals surface area contributed by atoms with Crippen LogP contribution >= 0.6 is 0 Å². The molecule has 1 aliphatic carbocycles. The molecule has 1 aromatic heterocycles. The average molecular weight is 417 g/mol. The van der Waals surface area contributed by atoms with Crippen LogP contribution in [-0.4, -0.2) is 33.5 Å². The summed E-state index contributed by atoms with van der Waals surface area (Å²) in [7, 11) is 0. The largest absolute Gasteiger partial charge is 0.448 e. The van der Waals surface area contributed by atoms with Gasteiger partial charge in [-0.05, 0) is 69.2 Å². The van der Waals surface area contributed by atoms with Gasteiger partial charge in [-0.3, -0.25) is 9.59 Å². The predicted octanol–water partition coefficient (Wildman–Crippen LogP) is 4.14. The summed E-state index contributed by atoms with van der Waals surface area (Å²) in [6.07, 6.45) is 1.10. The Morgan fingerprint density at radius 2 is 1.74 bits per heavy atom. The second kappa shape index (κ2) is 8.55. The highest BCUT2D eigenvalue weighted by Crippen LogP contribution is 2.39. The topological polar surface area (TPSA) is 90.3 Å². The first kappa shape index (κ1) is 20.5. The van der Waals surface area contributed by atoms with Crippen molar-refractivity contribution in [3.63, 3.8) is 0 Å². The molecule has 0 radical (unpaired) electrons. The zero-order chi connectivity index (χ0) is 22.0. The molecule has 0 spiro atoms. The quantitative estimate of drug-likeness (QED) is 0.461. The maximum Gasteiger partial charge on any atom is 0.357 e. The smallest absolute Gasteiger partial charge is 0.357 e. The minimum Gasteiger partial charge on any atom is -0.448 e. The van der Waals surface area contributed by atoms with Crippen molar-refractivity contribution in [3.05, 3.63) is 77.6 Å². The van der Waals surface area contributed by atoms with E-state index >= 15 is 0 Å². The van der Waals surface area contributed by atoms with Gasteiger partial charge in [-0.2, -0.15) is 5.10 Å². The maximum absolute atomic E-state index is 12.9. The first-order chi connectivity index (χ1) is 14.9. The van der Waals surface area contributed by atoms with Crippen molar-refractivity contribution < 1.29 is 19.1 Å². The fraction of sp³-hybridized carbons (Fsp3) is 0.250. The van der Waals surface area contributed by atoms with E-state index in [4.69, 9.17) is 4.74 Å². The van der Waals surface area contributed by atoms with Crippen LogP contribution in [0.5, 0.6) is 0 Å². The third-order valence-electron chi connectivity index (χ3n) is 5.15. The van der Waals surface area contributed by atoms with Gasteiger partial charge in [0.15, 0.2) is 17.6 Å². The summed E-state index contributed by atoms with van der Waals surface area (Å²) < 4.78 is 7.01. The van der Waals surface area contributed by atoms with E-state index in [9.17, 15) is 14.4 Å². The highest BCUT2D eigenvalue weighted by atomic mass is 16.5. The van der Waals surface area contributed by atoms with E-state index in [1.165, 1.54) is 13.8 Å². The summed E-state index contributed by atoms with van der Waals surface area (Å²) >= 11 is 0. The van der Waals surface area contributed by atoms with E-state index in [1.54, 1.807) is 35.0 Å². The summed E-state index contributed by atoms with van der Waals surface area (Å²) in [4.78, 5) is 36.7. The Morgan fingerprint density at radius 3 is 2.35 bits per heavy atom.